The molecule has 0 saturated heterocycles. The first-order chi connectivity index (χ1) is 7.61. The Bertz CT molecular complexity index is 427. The molecule has 0 aliphatic carbocycles. The summed E-state index contributed by atoms with van der Waals surface area (Å²) < 4.78 is 63.6. The van der Waals surface area contributed by atoms with Crippen LogP contribution in [0.25, 0.3) is 0 Å². The van der Waals surface area contributed by atoms with Crippen molar-refractivity contribution in [2.75, 3.05) is 0 Å². The van der Waals surface area contributed by atoms with E-state index < -0.39 is 33.4 Å². The van der Waals surface area contributed by atoms with Crippen molar-refractivity contribution in [3.63, 3.8) is 0 Å². The number of halogens is 3. The van der Waals surface area contributed by atoms with Crippen molar-refractivity contribution in [1.29, 1.82) is 0 Å². The zero-order valence-corrected chi connectivity index (χ0v) is 11.0. The van der Waals surface area contributed by atoms with Gasteiger partial charge in [0.05, 0.1) is 0 Å². The number of carbonyl (C=O) groups is 1. The fraction of sp³-hybridized carbons (Fsp3) is 0.875. The molecule has 0 bridgehead atoms. The predicted molar refractivity (Wildman–Crippen MR) is 57.0 cm³/mol. The molecule has 0 aromatic rings. The molecule has 0 aliphatic heterocycles. The highest BCUT2D eigenvalue weighted by Crippen LogP contribution is 2.31. The van der Waals surface area contributed by atoms with Gasteiger partial charge in [-0.05, 0) is 27.7 Å². The maximum absolute atomic E-state index is 12.6. The van der Waals surface area contributed by atoms with Crippen molar-refractivity contribution in [3.05, 3.63) is 0 Å². The van der Waals surface area contributed by atoms with Gasteiger partial charge in [0.25, 0.3) is 10.2 Å². The molecule has 0 aromatic heterocycles. The molecule has 108 valence electrons. The third kappa shape index (κ3) is 4.42. The fourth-order valence-corrected chi connectivity index (χ4v) is 2.52. The van der Waals surface area contributed by atoms with Crippen molar-refractivity contribution in [1.82, 2.24) is 9.44 Å². The zero-order chi connectivity index (χ0) is 15.0. The van der Waals surface area contributed by atoms with Crippen LogP contribution >= 0.6 is 0 Å². The normalized spacial score (nSPS) is 17.3. The standard InChI is InChI=1S/C8H15F3N2O4S/c1-6(2,3)12-18(16,17)13-7(4,5(14)15)8(9,10)11/h12-13H,1-4H3,(H,14,15). The molecule has 10 heteroatoms. The van der Waals surface area contributed by atoms with Gasteiger partial charge in [-0.2, -0.15) is 31.0 Å². The predicted octanol–water partition coefficient (Wildman–Crippen LogP) is 0.614. The Hall–Kier alpha value is -0.870. The monoisotopic (exact) mass is 292 g/mol. The number of alkyl halides is 3. The molecule has 1 atom stereocenters. The van der Waals surface area contributed by atoms with Crippen LogP contribution in [0.3, 0.4) is 0 Å². The third-order valence-corrected chi connectivity index (χ3v) is 3.33. The van der Waals surface area contributed by atoms with Crippen molar-refractivity contribution in [2.24, 2.45) is 0 Å². The highest BCUT2D eigenvalue weighted by molar-refractivity contribution is 7.87. The summed E-state index contributed by atoms with van der Waals surface area (Å²) in [7, 11) is -4.63. The van der Waals surface area contributed by atoms with Crippen LogP contribution < -0.4 is 9.44 Å². The molecule has 0 aromatic carbocycles. The number of nitrogens with one attached hydrogen (secondary N) is 2. The smallest absolute Gasteiger partial charge is 0.418 e. The summed E-state index contributed by atoms with van der Waals surface area (Å²) in [5, 5.41) is 8.56. The van der Waals surface area contributed by atoms with E-state index in [2.05, 4.69) is 0 Å². The van der Waals surface area contributed by atoms with Crippen LogP contribution in [0.2, 0.25) is 0 Å². The van der Waals surface area contributed by atoms with E-state index >= 15 is 0 Å². The average molecular weight is 292 g/mol. The Labute approximate surface area is 103 Å². The lowest BCUT2D eigenvalue weighted by molar-refractivity contribution is -0.201. The third-order valence-electron chi connectivity index (χ3n) is 1.77. The van der Waals surface area contributed by atoms with E-state index in [9.17, 15) is 26.4 Å². The van der Waals surface area contributed by atoms with E-state index in [0.29, 0.717) is 0 Å². The molecule has 1 unspecified atom stereocenters. The number of carboxylic acids is 1. The molecule has 6 nitrogen and oxygen atoms in total. The van der Waals surface area contributed by atoms with Crippen LogP contribution in [0.4, 0.5) is 13.2 Å². The fourth-order valence-electron chi connectivity index (χ4n) is 0.920. The van der Waals surface area contributed by atoms with Crippen LogP contribution in [0.1, 0.15) is 27.7 Å². The number of rotatable bonds is 4. The SMILES string of the molecule is CC(C)(C)NS(=O)(=O)NC(C)(C(=O)O)C(F)(F)F. The van der Waals surface area contributed by atoms with Gasteiger partial charge in [0.15, 0.2) is 0 Å². The zero-order valence-electron chi connectivity index (χ0n) is 10.2. The lowest BCUT2D eigenvalue weighted by Gasteiger charge is -2.30. The Kier molecular flexibility index (Phi) is 4.44. The minimum atomic E-state index is -5.27. The van der Waals surface area contributed by atoms with Gasteiger partial charge >= 0.3 is 12.1 Å². The Morgan fingerprint density at radius 3 is 1.67 bits per heavy atom. The lowest BCUT2D eigenvalue weighted by atomic mass is 10.0. The number of carboxylic acid groups (broad SMARTS) is 1. The number of aliphatic carboxylic acids is 1. The first-order valence-corrected chi connectivity index (χ1v) is 6.22. The summed E-state index contributed by atoms with van der Waals surface area (Å²) >= 11 is 0. The van der Waals surface area contributed by atoms with Crippen molar-refractivity contribution in [3.8, 4) is 0 Å². The quantitative estimate of drug-likeness (QED) is 0.707. The van der Waals surface area contributed by atoms with Crippen LogP contribution in [0, 0.1) is 0 Å². The summed E-state index contributed by atoms with van der Waals surface area (Å²) in [6.07, 6.45) is -5.27. The van der Waals surface area contributed by atoms with Crippen LogP contribution in [-0.2, 0) is 15.0 Å². The molecule has 0 rings (SSSR count). The molecule has 3 N–H and O–H groups in total. The van der Waals surface area contributed by atoms with Gasteiger partial charge in [-0.1, -0.05) is 0 Å². The molecule has 0 aliphatic rings. The first kappa shape index (κ1) is 17.1. The summed E-state index contributed by atoms with van der Waals surface area (Å²) in [6.45, 7) is 4.44. The van der Waals surface area contributed by atoms with E-state index in [4.69, 9.17) is 5.11 Å². The number of hydrogen-bond donors (Lipinski definition) is 3. The van der Waals surface area contributed by atoms with Crippen LogP contribution in [-0.4, -0.2) is 36.7 Å². The Morgan fingerprint density at radius 2 is 1.44 bits per heavy atom. The summed E-state index contributed by atoms with van der Waals surface area (Å²) in [5.41, 5.74) is -4.64. The maximum Gasteiger partial charge on any atom is 0.418 e. The molecule has 18 heavy (non-hydrogen) atoms. The average Bonchev–Trinajstić information content (AvgIpc) is 1.94. The van der Waals surface area contributed by atoms with Gasteiger partial charge in [0.2, 0.25) is 5.54 Å². The van der Waals surface area contributed by atoms with E-state index in [1.54, 1.807) is 0 Å². The van der Waals surface area contributed by atoms with Gasteiger partial charge in [-0.3, -0.25) is 0 Å². The molecular weight excluding hydrogens is 277 g/mol. The lowest BCUT2D eigenvalue weighted by Crippen LogP contribution is -2.64. The van der Waals surface area contributed by atoms with E-state index in [1.807, 2.05) is 4.72 Å². The summed E-state index contributed by atoms with van der Waals surface area (Å²) in [5.74, 6) is -2.34. The van der Waals surface area contributed by atoms with Crippen molar-refractivity contribution >= 4 is 16.2 Å². The van der Waals surface area contributed by atoms with Gasteiger partial charge < -0.3 is 5.11 Å². The summed E-state index contributed by atoms with van der Waals surface area (Å²) in [4.78, 5) is 10.6. The van der Waals surface area contributed by atoms with E-state index in [-0.39, 0.29) is 6.92 Å². The minimum absolute atomic E-state index is 0.233. The molecule has 0 saturated carbocycles. The molecule has 0 radical (unpaired) electrons. The molecular formula is C8H15F3N2O4S. The Morgan fingerprint density at radius 1 is 1.06 bits per heavy atom. The van der Waals surface area contributed by atoms with Crippen LogP contribution in [0.5, 0.6) is 0 Å². The highest BCUT2D eigenvalue weighted by atomic mass is 32.2. The molecule has 0 fully saturated rings. The molecule has 0 spiro atoms. The highest BCUT2D eigenvalue weighted by Gasteiger charge is 2.59. The summed E-state index contributed by atoms with van der Waals surface area (Å²) in [6, 6.07) is 0. The van der Waals surface area contributed by atoms with E-state index in [1.165, 1.54) is 20.8 Å². The molecule has 0 heterocycles. The minimum Gasteiger partial charge on any atom is -0.480 e. The van der Waals surface area contributed by atoms with Crippen LogP contribution in [0.15, 0.2) is 0 Å². The Balaban J connectivity index is 5.34. The van der Waals surface area contributed by atoms with E-state index in [0.717, 1.165) is 4.72 Å². The van der Waals surface area contributed by atoms with Gasteiger partial charge in [-0.25, -0.2) is 4.79 Å². The first-order valence-electron chi connectivity index (χ1n) is 4.74. The second-order valence-corrected chi connectivity index (χ2v) is 6.30. The topological polar surface area (TPSA) is 95.5 Å². The van der Waals surface area contributed by atoms with Crippen molar-refractivity contribution in [2.45, 2.75) is 44.9 Å². The van der Waals surface area contributed by atoms with Gasteiger partial charge in [0, 0.05) is 5.54 Å². The van der Waals surface area contributed by atoms with Gasteiger partial charge in [0.1, 0.15) is 0 Å². The second kappa shape index (κ2) is 4.67. The van der Waals surface area contributed by atoms with Gasteiger partial charge in [-0.15, -0.1) is 0 Å². The van der Waals surface area contributed by atoms with Crippen molar-refractivity contribution < 1.29 is 31.5 Å². The second-order valence-electron chi connectivity index (χ2n) is 4.89. The largest absolute Gasteiger partial charge is 0.480 e. The number of hydrogen-bond acceptors (Lipinski definition) is 3. The maximum atomic E-state index is 12.6. The molecule has 0 amide bonds.